The van der Waals surface area contributed by atoms with E-state index in [0.29, 0.717) is 6.04 Å². The SMILES string of the molecule is CCNC(C)c1cc(F)ccc1N(CC)C1CCCC1. The lowest BCUT2D eigenvalue weighted by atomic mass is 10.0. The average Bonchev–Trinajstić information content (AvgIpc) is 2.95. The molecule has 1 unspecified atom stereocenters. The Kier molecular flexibility index (Phi) is 5.41. The number of benzene rings is 1. The summed E-state index contributed by atoms with van der Waals surface area (Å²) < 4.78 is 13.6. The molecule has 0 bridgehead atoms. The number of anilines is 1. The van der Waals surface area contributed by atoms with Crippen molar-refractivity contribution in [2.45, 2.75) is 58.5 Å². The van der Waals surface area contributed by atoms with E-state index >= 15 is 0 Å². The molecule has 1 fully saturated rings. The van der Waals surface area contributed by atoms with E-state index in [-0.39, 0.29) is 11.9 Å². The maximum Gasteiger partial charge on any atom is 0.123 e. The first-order valence-corrected chi connectivity index (χ1v) is 7.96. The summed E-state index contributed by atoms with van der Waals surface area (Å²) in [5.74, 6) is -0.143. The molecule has 0 spiro atoms. The van der Waals surface area contributed by atoms with Crippen molar-refractivity contribution in [1.82, 2.24) is 5.32 Å². The third kappa shape index (κ3) is 3.32. The number of halogens is 1. The number of rotatable bonds is 6. The van der Waals surface area contributed by atoms with Gasteiger partial charge in [-0.2, -0.15) is 0 Å². The van der Waals surface area contributed by atoms with Crippen LogP contribution in [0.25, 0.3) is 0 Å². The van der Waals surface area contributed by atoms with Crippen LogP contribution in [0.2, 0.25) is 0 Å². The zero-order chi connectivity index (χ0) is 14.5. The highest BCUT2D eigenvalue weighted by molar-refractivity contribution is 5.56. The summed E-state index contributed by atoms with van der Waals surface area (Å²) in [4.78, 5) is 2.47. The van der Waals surface area contributed by atoms with E-state index in [1.165, 1.54) is 31.4 Å². The van der Waals surface area contributed by atoms with E-state index in [2.05, 4.69) is 31.0 Å². The first kappa shape index (κ1) is 15.3. The molecule has 0 aliphatic heterocycles. The average molecular weight is 278 g/mol. The van der Waals surface area contributed by atoms with Gasteiger partial charge in [0.1, 0.15) is 5.82 Å². The second kappa shape index (κ2) is 7.07. The quantitative estimate of drug-likeness (QED) is 0.836. The summed E-state index contributed by atoms with van der Waals surface area (Å²) in [6.07, 6.45) is 5.17. The van der Waals surface area contributed by atoms with Gasteiger partial charge in [0.15, 0.2) is 0 Å². The number of hydrogen-bond donors (Lipinski definition) is 1. The van der Waals surface area contributed by atoms with Crippen LogP contribution < -0.4 is 10.2 Å². The summed E-state index contributed by atoms with van der Waals surface area (Å²) in [5, 5.41) is 3.41. The summed E-state index contributed by atoms with van der Waals surface area (Å²) in [5.41, 5.74) is 2.29. The Bertz CT molecular complexity index is 427. The summed E-state index contributed by atoms with van der Waals surface area (Å²) >= 11 is 0. The molecule has 2 nitrogen and oxygen atoms in total. The fraction of sp³-hybridized carbons (Fsp3) is 0.647. The zero-order valence-corrected chi connectivity index (χ0v) is 13.0. The van der Waals surface area contributed by atoms with Gasteiger partial charge in [0.05, 0.1) is 0 Å². The van der Waals surface area contributed by atoms with Gasteiger partial charge in [0.25, 0.3) is 0 Å². The zero-order valence-electron chi connectivity index (χ0n) is 13.0. The Hall–Kier alpha value is -1.09. The molecule has 20 heavy (non-hydrogen) atoms. The largest absolute Gasteiger partial charge is 0.369 e. The third-order valence-electron chi connectivity index (χ3n) is 4.38. The molecule has 1 aliphatic carbocycles. The fourth-order valence-electron chi connectivity index (χ4n) is 3.39. The fourth-order valence-corrected chi connectivity index (χ4v) is 3.39. The second-order valence-electron chi connectivity index (χ2n) is 5.71. The molecule has 1 saturated carbocycles. The molecule has 1 N–H and O–H groups in total. The summed E-state index contributed by atoms with van der Waals surface area (Å²) in [6.45, 7) is 8.28. The summed E-state index contributed by atoms with van der Waals surface area (Å²) in [7, 11) is 0. The van der Waals surface area contributed by atoms with Crippen molar-refractivity contribution in [3.05, 3.63) is 29.6 Å². The van der Waals surface area contributed by atoms with Crippen LogP contribution in [0.3, 0.4) is 0 Å². The smallest absolute Gasteiger partial charge is 0.123 e. The Balaban J connectivity index is 2.32. The minimum absolute atomic E-state index is 0.143. The molecule has 3 heteroatoms. The van der Waals surface area contributed by atoms with Gasteiger partial charge in [0.2, 0.25) is 0 Å². The monoisotopic (exact) mass is 278 g/mol. The van der Waals surface area contributed by atoms with Crippen molar-refractivity contribution in [2.24, 2.45) is 0 Å². The van der Waals surface area contributed by atoms with Gasteiger partial charge in [-0.1, -0.05) is 19.8 Å². The number of nitrogens with one attached hydrogen (secondary N) is 1. The minimum Gasteiger partial charge on any atom is -0.369 e. The van der Waals surface area contributed by atoms with Crippen LogP contribution in [0.4, 0.5) is 10.1 Å². The third-order valence-corrected chi connectivity index (χ3v) is 4.38. The van der Waals surface area contributed by atoms with Crippen molar-refractivity contribution in [2.75, 3.05) is 18.0 Å². The maximum absolute atomic E-state index is 13.6. The first-order chi connectivity index (χ1) is 9.67. The Labute approximate surface area is 122 Å². The van der Waals surface area contributed by atoms with Gasteiger partial charge in [-0.05, 0) is 57.0 Å². The molecular formula is C17H27FN2. The molecule has 1 aromatic carbocycles. The topological polar surface area (TPSA) is 15.3 Å². The molecule has 0 heterocycles. The number of nitrogens with zero attached hydrogens (tertiary/aromatic N) is 1. The molecule has 1 atom stereocenters. The van der Waals surface area contributed by atoms with Crippen molar-refractivity contribution < 1.29 is 4.39 Å². The van der Waals surface area contributed by atoms with Crippen molar-refractivity contribution >= 4 is 5.69 Å². The molecule has 112 valence electrons. The van der Waals surface area contributed by atoms with Crippen LogP contribution in [0.5, 0.6) is 0 Å². The van der Waals surface area contributed by atoms with E-state index < -0.39 is 0 Å². The summed E-state index contributed by atoms with van der Waals surface area (Å²) in [6, 6.07) is 6.05. The number of hydrogen-bond acceptors (Lipinski definition) is 2. The van der Waals surface area contributed by atoms with E-state index in [4.69, 9.17) is 0 Å². The predicted octanol–water partition coefficient (Wildman–Crippen LogP) is 4.27. The standard InChI is InChI=1S/C17H27FN2/c1-4-19-13(3)16-12-14(18)10-11-17(16)20(5-2)15-8-6-7-9-15/h10-13,15,19H,4-9H2,1-3H3. The van der Waals surface area contributed by atoms with Crippen molar-refractivity contribution in [1.29, 1.82) is 0 Å². The Morgan fingerprint density at radius 1 is 1.30 bits per heavy atom. The van der Waals surface area contributed by atoms with Gasteiger partial charge >= 0.3 is 0 Å². The van der Waals surface area contributed by atoms with Gasteiger partial charge in [-0.3, -0.25) is 0 Å². The molecule has 2 rings (SSSR count). The van der Waals surface area contributed by atoms with Gasteiger partial charge < -0.3 is 10.2 Å². The van der Waals surface area contributed by atoms with Crippen LogP contribution >= 0.6 is 0 Å². The molecule has 0 radical (unpaired) electrons. The van der Waals surface area contributed by atoms with Crippen LogP contribution in [-0.4, -0.2) is 19.1 Å². The second-order valence-corrected chi connectivity index (χ2v) is 5.71. The van der Waals surface area contributed by atoms with E-state index in [0.717, 1.165) is 18.7 Å². The van der Waals surface area contributed by atoms with Crippen LogP contribution in [0.1, 0.15) is 58.1 Å². The Morgan fingerprint density at radius 3 is 2.60 bits per heavy atom. The highest BCUT2D eigenvalue weighted by Crippen LogP contribution is 2.33. The van der Waals surface area contributed by atoms with Crippen LogP contribution in [0.15, 0.2) is 18.2 Å². The molecule has 0 saturated heterocycles. The van der Waals surface area contributed by atoms with Crippen LogP contribution in [-0.2, 0) is 0 Å². The van der Waals surface area contributed by atoms with Gasteiger partial charge in [-0.15, -0.1) is 0 Å². The molecule has 1 aromatic rings. The van der Waals surface area contributed by atoms with E-state index in [1.54, 1.807) is 12.1 Å². The van der Waals surface area contributed by atoms with Gasteiger partial charge in [0, 0.05) is 24.3 Å². The highest BCUT2D eigenvalue weighted by Gasteiger charge is 2.24. The lowest BCUT2D eigenvalue weighted by molar-refractivity contribution is 0.569. The van der Waals surface area contributed by atoms with Crippen molar-refractivity contribution in [3.63, 3.8) is 0 Å². The minimum atomic E-state index is -0.143. The maximum atomic E-state index is 13.6. The first-order valence-electron chi connectivity index (χ1n) is 7.96. The lowest BCUT2D eigenvalue weighted by Crippen LogP contribution is -2.34. The van der Waals surface area contributed by atoms with Crippen molar-refractivity contribution in [3.8, 4) is 0 Å². The molecular weight excluding hydrogens is 251 g/mol. The lowest BCUT2D eigenvalue weighted by Gasteiger charge is -2.33. The normalized spacial score (nSPS) is 17.4. The van der Waals surface area contributed by atoms with E-state index in [1.807, 2.05) is 6.07 Å². The highest BCUT2D eigenvalue weighted by atomic mass is 19.1. The molecule has 0 amide bonds. The predicted molar refractivity (Wildman–Crippen MR) is 83.8 cm³/mol. The van der Waals surface area contributed by atoms with E-state index in [9.17, 15) is 4.39 Å². The van der Waals surface area contributed by atoms with Gasteiger partial charge in [-0.25, -0.2) is 4.39 Å². The molecule has 0 aromatic heterocycles. The Morgan fingerprint density at radius 2 is 2.00 bits per heavy atom. The van der Waals surface area contributed by atoms with Crippen LogP contribution in [0, 0.1) is 5.82 Å². The molecule has 1 aliphatic rings.